The minimum absolute atomic E-state index is 0.159. The number of pyridine rings is 1. The summed E-state index contributed by atoms with van der Waals surface area (Å²) in [7, 11) is 1.61. The average Bonchev–Trinajstić information content (AvgIpc) is 2.81. The Morgan fingerprint density at radius 2 is 1.68 bits per heavy atom. The predicted molar refractivity (Wildman–Crippen MR) is 119 cm³/mol. The van der Waals surface area contributed by atoms with E-state index in [0.29, 0.717) is 19.5 Å². The summed E-state index contributed by atoms with van der Waals surface area (Å²) in [5.41, 5.74) is 2.82. The van der Waals surface area contributed by atoms with Crippen molar-refractivity contribution in [3.8, 4) is 5.75 Å². The first kappa shape index (κ1) is 22.0. The van der Waals surface area contributed by atoms with Gasteiger partial charge in [0, 0.05) is 38.8 Å². The Morgan fingerprint density at radius 1 is 0.968 bits per heavy atom. The number of nitrogens with one attached hydrogen (secondary N) is 1. The van der Waals surface area contributed by atoms with E-state index in [1.165, 1.54) is 6.92 Å². The monoisotopic (exact) mass is 417 g/mol. The largest absolute Gasteiger partial charge is 0.497 e. The second-order valence-corrected chi connectivity index (χ2v) is 7.28. The van der Waals surface area contributed by atoms with Gasteiger partial charge in [0.05, 0.1) is 7.11 Å². The van der Waals surface area contributed by atoms with Gasteiger partial charge in [-0.1, -0.05) is 48.5 Å². The maximum absolute atomic E-state index is 13.2. The van der Waals surface area contributed by atoms with Gasteiger partial charge in [0.1, 0.15) is 11.8 Å². The van der Waals surface area contributed by atoms with Crippen molar-refractivity contribution < 1.29 is 14.3 Å². The molecule has 6 nitrogen and oxygen atoms in total. The van der Waals surface area contributed by atoms with Crippen molar-refractivity contribution in [2.24, 2.45) is 0 Å². The number of amides is 2. The molecule has 3 rings (SSSR count). The summed E-state index contributed by atoms with van der Waals surface area (Å²) < 4.78 is 5.21. The molecule has 0 bridgehead atoms. The van der Waals surface area contributed by atoms with Gasteiger partial charge < -0.3 is 15.0 Å². The third kappa shape index (κ3) is 6.40. The van der Waals surface area contributed by atoms with E-state index in [4.69, 9.17) is 4.74 Å². The summed E-state index contributed by atoms with van der Waals surface area (Å²) in [5, 5.41) is 2.97. The Morgan fingerprint density at radius 3 is 2.29 bits per heavy atom. The fourth-order valence-electron chi connectivity index (χ4n) is 3.36. The van der Waals surface area contributed by atoms with E-state index in [9.17, 15) is 9.59 Å². The molecule has 1 atom stereocenters. The van der Waals surface area contributed by atoms with Crippen LogP contribution in [0.4, 0.5) is 0 Å². The van der Waals surface area contributed by atoms with Gasteiger partial charge in [0.2, 0.25) is 11.8 Å². The number of ether oxygens (including phenoxy) is 1. The minimum Gasteiger partial charge on any atom is -0.497 e. The molecule has 0 saturated heterocycles. The summed E-state index contributed by atoms with van der Waals surface area (Å²) >= 11 is 0. The quantitative estimate of drug-likeness (QED) is 0.580. The molecule has 0 radical (unpaired) electrons. The van der Waals surface area contributed by atoms with Crippen LogP contribution in [0.1, 0.15) is 23.6 Å². The molecule has 2 aromatic carbocycles. The first-order valence-electron chi connectivity index (χ1n) is 10.2. The first-order valence-corrected chi connectivity index (χ1v) is 10.2. The lowest BCUT2D eigenvalue weighted by molar-refractivity contribution is -0.139. The average molecular weight is 418 g/mol. The normalized spacial score (nSPS) is 11.4. The summed E-state index contributed by atoms with van der Waals surface area (Å²) in [4.78, 5) is 31.5. The second-order valence-electron chi connectivity index (χ2n) is 7.28. The zero-order valence-corrected chi connectivity index (χ0v) is 17.8. The van der Waals surface area contributed by atoms with E-state index < -0.39 is 6.04 Å². The second kappa shape index (κ2) is 10.9. The van der Waals surface area contributed by atoms with Crippen molar-refractivity contribution in [2.75, 3.05) is 7.11 Å². The standard InChI is InChI=1S/C25H27N3O3/c1-19(29)28(18-21-10-12-23(31-2)13-11-21)24(15-20-7-4-3-5-8-20)25(30)27-17-22-9-6-14-26-16-22/h3-14,16,24H,15,17-18H2,1-2H3,(H,27,30)/t24-/m0/s1. The molecule has 6 heteroatoms. The molecular formula is C25H27N3O3. The summed E-state index contributed by atoms with van der Waals surface area (Å²) in [5.74, 6) is 0.387. The van der Waals surface area contributed by atoms with E-state index in [1.54, 1.807) is 24.4 Å². The molecule has 2 amide bonds. The first-order chi connectivity index (χ1) is 15.1. The molecule has 0 aliphatic carbocycles. The van der Waals surface area contributed by atoms with E-state index in [0.717, 1.165) is 22.4 Å². The van der Waals surface area contributed by atoms with Crippen molar-refractivity contribution >= 4 is 11.8 Å². The molecule has 3 aromatic rings. The highest BCUT2D eigenvalue weighted by Crippen LogP contribution is 2.17. The van der Waals surface area contributed by atoms with Crippen molar-refractivity contribution in [2.45, 2.75) is 32.5 Å². The molecule has 0 unspecified atom stereocenters. The molecule has 0 saturated carbocycles. The zero-order valence-electron chi connectivity index (χ0n) is 17.8. The molecule has 0 aliphatic rings. The van der Waals surface area contributed by atoms with Crippen molar-refractivity contribution in [1.82, 2.24) is 15.2 Å². The van der Waals surface area contributed by atoms with Crippen molar-refractivity contribution in [3.05, 3.63) is 95.8 Å². The van der Waals surface area contributed by atoms with E-state index >= 15 is 0 Å². The van der Waals surface area contributed by atoms with Crippen LogP contribution in [0.5, 0.6) is 5.75 Å². The van der Waals surface area contributed by atoms with E-state index in [-0.39, 0.29) is 11.8 Å². The lowest BCUT2D eigenvalue weighted by atomic mass is 10.0. The maximum atomic E-state index is 13.2. The lowest BCUT2D eigenvalue weighted by Gasteiger charge is -2.30. The number of hydrogen-bond donors (Lipinski definition) is 1. The van der Waals surface area contributed by atoms with Gasteiger partial charge in [0.25, 0.3) is 0 Å². The number of hydrogen-bond acceptors (Lipinski definition) is 4. The molecule has 31 heavy (non-hydrogen) atoms. The fraction of sp³-hybridized carbons (Fsp3) is 0.240. The molecule has 1 aromatic heterocycles. The zero-order chi connectivity index (χ0) is 22.1. The summed E-state index contributed by atoms with van der Waals surface area (Å²) in [6.45, 7) is 2.18. The molecule has 1 N–H and O–H groups in total. The number of aromatic nitrogens is 1. The number of methoxy groups -OCH3 is 1. The molecule has 0 spiro atoms. The summed E-state index contributed by atoms with van der Waals surface area (Å²) in [6.07, 6.45) is 3.83. The van der Waals surface area contributed by atoms with Crippen LogP contribution >= 0.6 is 0 Å². The summed E-state index contributed by atoms with van der Waals surface area (Å²) in [6, 6.07) is 20.3. The highest BCUT2D eigenvalue weighted by Gasteiger charge is 2.28. The Labute approximate surface area is 182 Å². The van der Waals surface area contributed by atoms with Gasteiger partial charge in [-0.2, -0.15) is 0 Å². The minimum atomic E-state index is -0.640. The fourth-order valence-corrected chi connectivity index (χ4v) is 3.36. The number of rotatable bonds is 9. The third-order valence-corrected chi connectivity index (χ3v) is 5.06. The van der Waals surface area contributed by atoms with Crippen LogP contribution in [0.3, 0.4) is 0 Å². The Bertz CT molecular complexity index is 976. The lowest BCUT2D eigenvalue weighted by Crippen LogP contribution is -2.49. The number of carbonyl (C=O) groups excluding carboxylic acids is 2. The number of carbonyl (C=O) groups is 2. The van der Waals surface area contributed by atoms with Crippen LogP contribution in [0, 0.1) is 0 Å². The molecule has 160 valence electrons. The van der Waals surface area contributed by atoms with Crippen molar-refractivity contribution in [1.29, 1.82) is 0 Å². The molecule has 0 aliphatic heterocycles. The Kier molecular flexibility index (Phi) is 7.76. The Hall–Kier alpha value is -3.67. The smallest absolute Gasteiger partial charge is 0.243 e. The highest BCUT2D eigenvalue weighted by molar-refractivity contribution is 5.87. The van der Waals surface area contributed by atoms with Crippen LogP contribution in [-0.2, 0) is 29.1 Å². The van der Waals surface area contributed by atoms with Crippen LogP contribution in [0.15, 0.2) is 79.1 Å². The molecule has 0 fully saturated rings. The van der Waals surface area contributed by atoms with Crippen LogP contribution in [-0.4, -0.2) is 34.8 Å². The van der Waals surface area contributed by atoms with Gasteiger partial charge in [-0.15, -0.1) is 0 Å². The van der Waals surface area contributed by atoms with Crippen LogP contribution in [0.25, 0.3) is 0 Å². The van der Waals surface area contributed by atoms with Gasteiger partial charge in [-0.05, 0) is 34.9 Å². The highest BCUT2D eigenvalue weighted by atomic mass is 16.5. The van der Waals surface area contributed by atoms with E-state index in [2.05, 4.69) is 10.3 Å². The third-order valence-electron chi connectivity index (χ3n) is 5.06. The van der Waals surface area contributed by atoms with Gasteiger partial charge >= 0.3 is 0 Å². The molecule has 1 heterocycles. The molecular weight excluding hydrogens is 390 g/mol. The number of benzene rings is 2. The Balaban J connectivity index is 1.81. The van der Waals surface area contributed by atoms with Gasteiger partial charge in [-0.25, -0.2) is 0 Å². The number of nitrogens with zero attached hydrogens (tertiary/aromatic N) is 2. The SMILES string of the molecule is COc1ccc(CN(C(C)=O)[C@@H](Cc2ccccc2)C(=O)NCc2cccnc2)cc1. The van der Waals surface area contributed by atoms with Crippen LogP contribution in [0.2, 0.25) is 0 Å². The topological polar surface area (TPSA) is 71.5 Å². The van der Waals surface area contributed by atoms with Gasteiger partial charge in [-0.3, -0.25) is 14.6 Å². The van der Waals surface area contributed by atoms with Crippen molar-refractivity contribution in [3.63, 3.8) is 0 Å². The predicted octanol–water partition coefficient (Wildman–Crippen LogP) is 3.37. The van der Waals surface area contributed by atoms with E-state index in [1.807, 2.05) is 66.7 Å². The van der Waals surface area contributed by atoms with Gasteiger partial charge in [0.15, 0.2) is 0 Å². The maximum Gasteiger partial charge on any atom is 0.243 e. The van der Waals surface area contributed by atoms with Crippen LogP contribution < -0.4 is 10.1 Å².